The molecule has 1 heterocycles. The molecule has 3 rings (SSSR count). The number of benzene rings is 2. The Balaban J connectivity index is 1.71. The Morgan fingerprint density at radius 1 is 1.12 bits per heavy atom. The van der Waals surface area contributed by atoms with Gasteiger partial charge < -0.3 is 19.5 Å². The van der Waals surface area contributed by atoms with Crippen molar-refractivity contribution in [1.82, 2.24) is 10.2 Å². The van der Waals surface area contributed by atoms with E-state index in [-0.39, 0.29) is 18.5 Å². The molecule has 0 radical (unpaired) electrons. The zero-order valence-corrected chi connectivity index (χ0v) is 18.5. The first-order chi connectivity index (χ1) is 15.8. The van der Waals surface area contributed by atoms with Crippen LogP contribution in [0, 0.1) is 0 Å². The van der Waals surface area contributed by atoms with Gasteiger partial charge >= 0.3 is 6.18 Å². The molecule has 1 aliphatic rings. The molecule has 0 aromatic heterocycles. The minimum absolute atomic E-state index is 0.240. The Bertz CT molecular complexity index is 955. The average molecular weight is 464 g/mol. The van der Waals surface area contributed by atoms with Crippen LogP contribution in [0.3, 0.4) is 0 Å². The monoisotopic (exact) mass is 464 g/mol. The molecule has 0 spiro atoms. The molecule has 1 N–H and O–H groups in total. The maximum Gasteiger partial charge on any atom is 0.416 e. The van der Waals surface area contributed by atoms with E-state index in [1.165, 1.54) is 25.3 Å². The van der Waals surface area contributed by atoms with E-state index in [1.807, 2.05) is 0 Å². The predicted octanol–water partition coefficient (Wildman–Crippen LogP) is 3.93. The van der Waals surface area contributed by atoms with E-state index in [0.717, 1.165) is 12.1 Å². The zero-order chi connectivity index (χ0) is 23.8. The quantitative estimate of drug-likeness (QED) is 0.600. The van der Waals surface area contributed by atoms with Crippen LogP contribution in [0.4, 0.5) is 13.2 Å². The first-order valence-corrected chi connectivity index (χ1v) is 10.5. The van der Waals surface area contributed by atoms with Crippen molar-refractivity contribution >= 4 is 12.0 Å². The zero-order valence-electron chi connectivity index (χ0n) is 18.5. The first kappa shape index (κ1) is 24.6. The summed E-state index contributed by atoms with van der Waals surface area (Å²) in [6, 6.07) is 10.0. The third-order valence-corrected chi connectivity index (χ3v) is 5.43. The average Bonchev–Trinajstić information content (AvgIpc) is 2.83. The molecule has 0 aliphatic carbocycles. The van der Waals surface area contributed by atoms with Gasteiger partial charge in [0.05, 0.1) is 39.0 Å². The van der Waals surface area contributed by atoms with Crippen LogP contribution in [0.2, 0.25) is 0 Å². The van der Waals surface area contributed by atoms with E-state index in [0.29, 0.717) is 48.9 Å². The van der Waals surface area contributed by atoms with Crippen molar-refractivity contribution in [2.24, 2.45) is 0 Å². The second-order valence-corrected chi connectivity index (χ2v) is 7.47. The molecular weight excluding hydrogens is 437 g/mol. The number of halogens is 3. The first-order valence-electron chi connectivity index (χ1n) is 10.5. The van der Waals surface area contributed by atoms with E-state index in [9.17, 15) is 18.0 Å². The van der Waals surface area contributed by atoms with Crippen molar-refractivity contribution in [3.8, 4) is 11.5 Å². The summed E-state index contributed by atoms with van der Waals surface area (Å²) < 4.78 is 54.8. The number of amides is 1. The minimum Gasteiger partial charge on any atom is -0.497 e. The number of hydrogen-bond acceptors (Lipinski definition) is 5. The Labute approximate surface area is 190 Å². The molecule has 1 aliphatic heterocycles. The summed E-state index contributed by atoms with van der Waals surface area (Å²) in [6.45, 7) is 2.54. The van der Waals surface area contributed by atoms with Gasteiger partial charge in [-0.05, 0) is 42.0 Å². The van der Waals surface area contributed by atoms with Gasteiger partial charge in [-0.2, -0.15) is 13.2 Å². The Kier molecular flexibility index (Phi) is 8.35. The molecule has 0 saturated carbocycles. The molecule has 6 nitrogen and oxygen atoms in total. The maximum absolute atomic E-state index is 12.9. The van der Waals surface area contributed by atoms with E-state index in [1.54, 1.807) is 31.4 Å². The summed E-state index contributed by atoms with van der Waals surface area (Å²) in [7, 11) is 3.09. The Morgan fingerprint density at radius 2 is 1.82 bits per heavy atom. The van der Waals surface area contributed by atoms with E-state index in [4.69, 9.17) is 14.2 Å². The highest BCUT2D eigenvalue weighted by Crippen LogP contribution is 2.31. The number of morpholine rings is 1. The van der Waals surface area contributed by atoms with Crippen LogP contribution in [0.1, 0.15) is 22.7 Å². The fourth-order valence-corrected chi connectivity index (χ4v) is 3.63. The van der Waals surface area contributed by atoms with Gasteiger partial charge in [-0.3, -0.25) is 9.69 Å². The number of carbonyl (C=O) groups is 1. The van der Waals surface area contributed by atoms with E-state index < -0.39 is 11.7 Å². The molecule has 1 atom stereocenters. The number of carbonyl (C=O) groups excluding carboxylic acids is 1. The molecule has 178 valence electrons. The van der Waals surface area contributed by atoms with Gasteiger partial charge in [0.2, 0.25) is 5.91 Å². The standard InChI is InChI=1S/C24H27F3N2O4/c1-31-20-8-9-22(32-2)18(15-20)5-10-23(30)28-16-21(29-11-13-33-14-12-29)17-3-6-19(7-4-17)24(25,26)27/h3-10,15,21H,11-14,16H2,1-2H3,(H,28,30)/b10-5+. The smallest absolute Gasteiger partial charge is 0.416 e. The fraction of sp³-hybridized carbons (Fsp3) is 0.375. The van der Waals surface area contributed by atoms with E-state index in [2.05, 4.69) is 10.2 Å². The van der Waals surface area contributed by atoms with Gasteiger partial charge in [0.25, 0.3) is 0 Å². The largest absolute Gasteiger partial charge is 0.497 e. The summed E-state index contributed by atoms with van der Waals surface area (Å²) in [6.07, 6.45) is -1.38. The van der Waals surface area contributed by atoms with Crippen LogP contribution in [0.25, 0.3) is 6.08 Å². The number of rotatable bonds is 8. The van der Waals surface area contributed by atoms with Crippen LogP contribution in [-0.4, -0.2) is 57.9 Å². The molecule has 1 unspecified atom stereocenters. The van der Waals surface area contributed by atoms with Gasteiger partial charge in [-0.1, -0.05) is 12.1 Å². The number of ether oxygens (including phenoxy) is 3. The van der Waals surface area contributed by atoms with Crippen LogP contribution in [0.15, 0.2) is 48.5 Å². The topological polar surface area (TPSA) is 60.0 Å². The Morgan fingerprint density at radius 3 is 2.42 bits per heavy atom. The lowest BCUT2D eigenvalue weighted by molar-refractivity contribution is -0.137. The van der Waals surface area contributed by atoms with Crippen molar-refractivity contribution < 1.29 is 32.2 Å². The summed E-state index contributed by atoms with van der Waals surface area (Å²) >= 11 is 0. The van der Waals surface area contributed by atoms with Crippen molar-refractivity contribution in [1.29, 1.82) is 0 Å². The molecule has 2 aromatic carbocycles. The SMILES string of the molecule is COc1ccc(OC)c(/C=C/C(=O)NCC(c2ccc(C(F)(F)F)cc2)N2CCOCC2)c1. The molecule has 1 fully saturated rings. The van der Waals surface area contributed by atoms with Crippen LogP contribution >= 0.6 is 0 Å². The third-order valence-electron chi connectivity index (χ3n) is 5.43. The fourth-order valence-electron chi connectivity index (χ4n) is 3.63. The lowest BCUT2D eigenvalue weighted by atomic mass is 10.0. The van der Waals surface area contributed by atoms with Crippen molar-refractivity contribution in [3.63, 3.8) is 0 Å². The molecule has 9 heteroatoms. The molecule has 1 saturated heterocycles. The lowest BCUT2D eigenvalue weighted by Gasteiger charge is -2.35. The second kappa shape index (κ2) is 11.2. The van der Waals surface area contributed by atoms with Gasteiger partial charge in [-0.15, -0.1) is 0 Å². The summed E-state index contributed by atoms with van der Waals surface area (Å²) in [5, 5.41) is 2.86. The summed E-state index contributed by atoms with van der Waals surface area (Å²) in [5.41, 5.74) is 0.675. The predicted molar refractivity (Wildman–Crippen MR) is 118 cm³/mol. The van der Waals surface area contributed by atoms with Crippen LogP contribution < -0.4 is 14.8 Å². The van der Waals surface area contributed by atoms with E-state index >= 15 is 0 Å². The lowest BCUT2D eigenvalue weighted by Crippen LogP contribution is -2.43. The molecule has 1 amide bonds. The molecule has 2 aromatic rings. The number of nitrogens with zero attached hydrogens (tertiary/aromatic N) is 1. The Hall–Kier alpha value is -3.04. The van der Waals surface area contributed by atoms with Crippen molar-refractivity contribution in [3.05, 3.63) is 65.2 Å². The van der Waals surface area contributed by atoms with Gasteiger partial charge in [-0.25, -0.2) is 0 Å². The number of hydrogen-bond donors (Lipinski definition) is 1. The summed E-state index contributed by atoms with van der Waals surface area (Å²) in [5.74, 6) is 0.895. The summed E-state index contributed by atoms with van der Waals surface area (Å²) in [4.78, 5) is 14.6. The third kappa shape index (κ3) is 6.72. The molecule has 33 heavy (non-hydrogen) atoms. The maximum atomic E-state index is 12.9. The van der Waals surface area contributed by atoms with Crippen LogP contribution in [-0.2, 0) is 15.7 Å². The minimum atomic E-state index is -4.40. The number of alkyl halides is 3. The molecule has 0 bridgehead atoms. The van der Waals surface area contributed by atoms with Crippen molar-refractivity contribution in [2.75, 3.05) is 47.1 Å². The van der Waals surface area contributed by atoms with Crippen LogP contribution in [0.5, 0.6) is 11.5 Å². The normalized spacial score (nSPS) is 15.9. The van der Waals surface area contributed by atoms with Gasteiger partial charge in [0, 0.05) is 31.3 Å². The second-order valence-electron chi connectivity index (χ2n) is 7.47. The molecular formula is C24H27F3N2O4. The number of methoxy groups -OCH3 is 2. The van der Waals surface area contributed by atoms with Crippen molar-refractivity contribution in [2.45, 2.75) is 12.2 Å². The number of nitrogens with one attached hydrogen (secondary N) is 1. The highest BCUT2D eigenvalue weighted by atomic mass is 19.4. The van der Waals surface area contributed by atoms with Gasteiger partial charge in [0.1, 0.15) is 11.5 Å². The van der Waals surface area contributed by atoms with Gasteiger partial charge in [0.15, 0.2) is 0 Å². The highest BCUT2D eigenvalue weighted by Gasteiger charge is 2.31. The highest BCUT2D eigenvalue weighted by molar-refractivity contribution is 5.92.